The van der Waals surface area contributed by atoms with Crippen molar-refractivity contribution in [2.75, 3.05) is 12.4 Å². The van der Waals surface area contributed by atoms with Crippen LogP contribution in [0.1, 0.15) is 20.8 Å². The van der Waals surface area contributed by atoms with Gasteiger partial charge in [0.1, 0.15) is 10.6 Å². The van der Waals surface area contributed by atoms with Crippen molar-refractivity contribution >= 4 is 23.4 Å². The molecule has 5 nitrogen and oxygen atoms in total. The van der Waals surface area contributed by atoms with Crippen molar-refractivity contribution in [3.63, 3.8) is 0 Å². The first kappa shape index (κ1) is 13.6. The van der Waals surface area contributed by atoms with Gasteiger partial charge in [-0.1, -0.05) is 11.6 Å². The molecule has 0 spiro atoms. The SMILES string of the molecule is COc1cncc(NC(=O)OC(C)(C)C)c1Cl. The summed E-state index contributed by atoms with van der Waals surface area (Å²) in [7, 11) is 1.47. The zero-order chi connectivity index (χ0) is 13.1. The number of aromatic nitrogens is 1. The van der Waals surface area contributed by atoms with Crippen molar-refractivity contribution in [1.29, 1.82) is 0 Å². The Morgan fingerprint density at radius 1 is 1.41 bits per heavy atom. The smallest absolute Gasteiger partial charge is 0.412 e. The molecule has 94 valence electrons. The van der Waals surface area contributed by atoms with Crippen molar-refractivity contribution in [3.8, 4) is 5.75 Å². The van der Waals surface area contributed by atoms with Gasteiger partial charge in [0.05, 0.1) is 25.2 Å². The first-order valence-electron chi connectivity index (χ1n) is 5.01. The molecule has 1 rings (SSSR count). The summed E-state index contributed by atoms with van der Waals surface area (Å²) >= 11 is 5.99. The van der Waals surface area contributed by atoms with Gasteiger partial charge in [0, 0.05) is 0 Å². The topological polar surface area (TPSA) is 60.5 Å². The summed E-state index contributed by atoms with van der Waals surface area (Å²) in [5, 5.41) is 2.79. The second-order valence-corrected chi connectivity index (χ2v) is 4.71. The van der Waals surface area contributed by atoms with Crippen LogP contribution in [0.3, 0.4) is 0 Å². The van der Waals surface area contributed by atoms with E-state index in [1.54, 1.807) is 20.8 Å². The molecule has 0 aromatic carbocycles. The van der Waals surface area contributed by atoms with Crippen molar-refractivity contribution in [2.45, 2.75) is 26.4 Å². The van der Waals surface area contributed by atoms with Crippen LogP contribution in [0.25, 0.3) is 0 Å². The van der Waals surface area contributed by atoms with Crippen LogP contribution in [0.5, 0.6) is 5.75 Å². The molecule has 0 aliphatic heterocycles. The van der Waals surface area contributed by atoms with Crippen LogP contribution in [0.2, 0.25) is 5.02 Å². The fourth-order valence-electron chi connectivity index (χ4n) is 1.07. The minimum absolute atomic E-state index is 0.286. The molecule has 1 aromatic rings. The van der Waals surface area contributed by atoms with Crippen LogP contribution < -0.4 is 10.1 Å². The average Bonchev–Trinajstić information content (AvgIpc) is 2.18. The van der Waals surface area contributed by atoms with E-state index in [1.807, 2.05) is 0 Å². The minimum Gasteiger partial charge on any atom is -0.493 e. The third-order valence-electron chi connectivity index (χ3n) is 1.70. The number of nitrogens with zero attached hydrogens (tertiary/aromatic N) is 1. The van der Waals surface area contributed by atoms with Crippen LogP contribution >= 0.6 is 11.6 Å². The third kappa shape index (κ3) is 4.11. The summed E-state index contributed by atoms with van der Waals surface area (Å²) in [6, 6.07) is 0. The first-order chi connectivity index (χ1) is 7.83. The summed E-state index contributed by atoms with van der Waals surface area (Å²) in [5.74, 6) is 0.389. The fourth-order valence-corrected chi connectivity index (χ4v) is 1.29. The number of methoxy groups -OCH3 is 1. The van der Waals surface area contributed by atoms with Crippen molar-refractivity contribution in [3.05, 3.63) is 17.4 Å². The molecule has 0 aliphatic carbocycles. The molecule has 1 amide bonds. The van der Waals surface area contributed by atoms with Crippen LogP contribution in [0.15, 0.2) is 12.4 Å². The van der Waals surface area contributed by atoms with Gasteiger partial charge in [0.2, 0.25) is 0 Å². The molecule has 0 bridgehead atoms. The van der Waals surface area contributed by atoms with Gasteiger partial charge in [-0.3, -0.25) is 10.3 Å². The monoisotopic (exact) mass is 258 g/mol. The van der Waals surface area contributed by atoms with Crippen molar-refractivity contribution < 1.29 is 14.3 Å². The average molecular weight is 259 g/mol. The second kappa shape index (κ2) is 5.23. The molecular formula is C11H15ClN2O3. The first-order valence-corrected chi connectivity index (χ1v) is 5.39. The molecule has 0 radical (unpaired) electrons. The molecule has 1 aromatic heterocycles. The zero-order valence-electron chi connectivity index (χ0n) is 10.2. The molecule has 17 heavy (non-hydrogen) atoms. The number of pyridine rings is 1. The highest BCUT2D eigenvalue weighted by Gasteiger charge is 2.18. The van der Waals surface area contributed by atoms with E-state index in [1.165, 1.54) is 19.5 Å². The summed E-state index contributed by atoms with van der Waals surface area (Å²) in [6.07, 6.45) is 2.30. The van der Waals surface area contributed by atoms with Crippen molar-refractivity contribution in [2.24, 2.45) is 0 Å². The number of hydrogen-bond donors (Lipinski definition) is 1. The highest BCUT2D eigenvalue weighted by molar-refractivity contribution is 6.35. The Morgan fingerprint density at radius 2 is 2.06 bits per heavy atom. The molecule has 0 atom stereocenters. The maximum absolute atomic E-state index is 11.5. The van der Waals surface area contributed by atoms with E-state index in [-0.39, 0.29) is 5.02 Å². The minimum atomic E-state index is -0.588. The number of anilines is 1. The van der Waals surface area contributed by atoms with Crippen LogP contribution in [0.4, 0.5) is 10.5 Å². The summed E-state index contributed by atoms with van der Waals surface area (Å²) < 4.78 is 10.1. The maximum Gasteiger partial charge on any atom is 0.412 e. The number of amides is 1. The zero-order valence-corrected chi connectivity index (χ0v) is 11.0. The molecular weight excluding hydrogens is 244 g/mol. The molecule has 1 heterocycles. The van der Waals surface area contributed by atoms with Gasteiger partial charge in [-0.05, 0) is 20.8 Å². The van der Waals surface area contributed by atoms with Crippen LogP contribution in [-0.4, -0.2) is 23.8 Å². The molecule has 0 saturated heterocycles. The molecule has 0 unspecified atom stereocenters. The third-order valence-corrected chi connectivity index (χ3v) is 2.09. The van der Waals surface area contributed by atoms with Gasteiger partial charge < -0.3 is 9.47 Å². The lowest BCUT2D eigenvalue weighted by Crippen LogP contribution is -2.27. The Morgan fingerprint density at radius 3 is 2.59 bits per heavy atom. The van der Waals surface area contributed by atoms with Crippen molar-refractivity contribution in [1.82, 2.24) is 4.98 Å². The Balaban J connectivity index is 2.79. The Labute approximate surface area is 105 Å². The molecule has 1 N–H and O–H groups in total. The van der Waals surface area contributed by atoms with Gasteiger partial charge in [0.15, 0.2) is 5.75 Å². The van der Waals surface area contributed by atoms with Gasteiger partial charge in [-0.25, -0.2) is 4.79 Å². The van der Waals surface area contributed by atoms with E-state index in [9.17, 15) is 4.79 Å². The van der Waals surface area contributed by atoms with Crippen LogP contribution in [-0.2, 0) is 4.74 Å². The number of nitrogens with one attached hydrogen (secondary N) is 1. The maximum atomic E-state index is 11.5. The van der Waals surface area contributed by atoms with E-state index in [2.05, 4.69) is 10.3 Å². The number of carbonyl (C=O) groups is 1. The van der Waals surface area contributed by atoms with Crippen LogP contribution in [0, 0.1) is 0 Å². The Kier molecular flexibility index (Phi) is 4.17. The molecule has 0 aliphatic rings. The lowest BCUT2D eigenvalue weighted by atomic mass is 10.2. The number of halogens is 1. The second-order valence-electron chi connectivity index (χ2n) is 4.33. The number of ether oxygens (including phenoxy) is 2. The highest BCUT2D eigenvalue weighted by Crippen LogP contribution is 2.30. The molecule has 6 heteroatoms. The predicted octanol–water partition coefficient (Wildman–Crippen LogP) is 3.09. The molecule has 0 saturated carbocycles. The summed E-state index contributed by atoms with van der Waals surface area (Å²) in [6.45, 7) is 5.33. The lowest BCUT2D eigenvalue weighted by Gasteiger charge is -2.20. The summed E-state index contributed by atoms with van der Waals surface area (Å²) in [5.41, 5.74) is -0.219. The van der Waals surface area contributed by atoms with E-state index < -0.39 is 11.7 Å². The predicted molar refractivity (Wildman–Crippen MR) is 65.7 cm³/mol. The van der Waals surface area contributed by atoms with E-state index in [4.69, 9.17) is 21.1 Å². The van der Waals surface area contributed by atoms with Gasteiger partial charge in [-0.15, -0.1) is 0 Å². The van der Waals surface area contributed by atoms with Gasteiger partial charge >= 0.3 is 6.09 Å². The highest BCUT2D eigenvalue weighted by atomic mass is 35.5. The van der Waals surface area contributed by atoms with Gasteiger partial charge in [0.25, 0.3) is 0 Å². The quantitative estimate of drug-likeness (QED) is 0.886. The Hall–Kier alpha value is -1.49. The summed E-state index contributed by atoms with van der Waals surface area (Å²) in [4.78, 5) is 15.4. The lowest BCUT2D eigenvalue weighted by molar-refractivity contribution is 0.0636. The van der Waals surface area contributed by atoms with E-state index >= 15 is 0 Å². The van der Waals surface area contributed by atoms with E-state index in [0.717, 1.165) is 0 Å². The Bertz CT molecular complexity index is 416. The number of hydrogen-bond acceptors (Lipinski definition) is 4. The fraction of sp³-hybridized carbons (Fsp3) is 0.455. The van der Waals surface area contributed by atoms with E-state index in [0.29, 0.717) is 11.4 Å². The normalized spacial score (nSPS) is 10.9. The number of carbonyl (C=O) groups excluding carboxylic acids is 1. The van der Waals surface area contributed by atoms with Gasteiger partial charge in [-0.2, -0.15) is 0 Å². The number of rotatable bonds is 2. The standard InChI is InChI=1S/C11H15ClN2O3/c1-11(2,3)17-10(15)14-7-5-13-6-8(16-4)9(7)12/h5-6H,1-4H3,(H,14,15). The molecule has 0 fully saturated rings. The largest absolute Gasteiger partial charge is 0.493 e.